The number of allylic oxidation sites excluding steroid dienone is 1. The van der Waals surface area contributed by atoms with Gasteiger partial charge < -0.3 is 11.1 Å². The molecule has 0 saturated carbocycles. The fraction of sp³-hybridized carbons (Fsp3) is 0.273. The van der Waals surface area contributed by atoms with Crippen LogP contribution < -0.4 is 5.73 Å². The Morgan fingerprint density at radius 3 is 2.82 bits per heavy atom. The van der Waals surface area contributed by atoms with Crippen molar-refractivity contribution in [2.45, 2.75) is 25.7 Å². The summed E-state index contributed by atoms with van der Waals surface area (Å²) in [4.78, 5) is 12.9. The lowest BCUT2D eigenvalue weighted by atomic mass is 9.84. The largest absolute Gasteiger partial charge is 0.386 e. The van der Waals surface area contributed by atoms with Crippen molar-refractivity contribution in [1.29, 1.82) is 5.41 Å². The van der Waals surface area contributed by atoms with Crippen LogP contribution in [-0.2, 0) is 0 Å². The molecule has 0 aliphatic carbocycles. The summed E-state index contributed by atoms with van der Waals surface area (Å²) in [6, 6.07) is 8.53. The van der Waals surface area contributed by atoms with Gasteiger partial charge in [-0.15, -0.1) is 0 Å². The maximum absolute atomic E-state index is 14.0. The summed E-state index contributed by atoms with van der Waals surface area (Å²) in [7, 11) is 0. The minimum Gasteiger partial charge on any atom is -0.386 e. The van der Waals surface area contributed by atoms with Crippen LogP contribution in [0.15, 0.2) is 64.9 Å². The molecule has 2 aromatic rings. The Hall–Kier alpha value is -3.15. The first-order chi connectivity index (χ1) is 13.5. The Morgan fingerprint density at radius 2 is 2.07 bits per heavy atom. The van der Waals surface area contributed by atoms with Crippen molar-refractivity contribution >= 4 is 17.3 Å². The molecule has 1 aromatic heterocycles. The van der Waals surface area contributed by atoms with E-state index in [-0.39, 0.29) is 11.7 Å². The van der Waals surface area contributed by atoms with E-state index in [1.165, 1.54) is 12.1 Å². The van der Waals surface area contributed by atoms with E-state index in [9.17, 15) is 4.39 Å². The monoisotopic (exact) mass is 377 g/mol. The molecule has 144 valence electrons. The van der Waals surface area contributed by atoms with Gasteiger partial charge in [-0.1, -0.05) is 18.7 Å². The minimum atomic E-state index is -0.302. The molecule has 0 bridgehead atoms. The van der Waals surface area contributed by atoms with Gasteiger partial charge in [0.05, 0.1) is 6.54 Å². The lowest BCUT2D eigenvalue weighted by molar-refractivity contribution is 0.621. The van der Waals surface area contributed by atoms with E-state index in [1.54, 1.807) is 18.5 Å². The molecule has 1 aliphatic rings. The Bertz CT molecular complexity index is 947. The van der Waals surface area contributed by atoms with Crippen LogP contribution in [0, 0.1) is 11.2 Å². The van der Waals surface area contributed by atoms with Gasteiger partial charge in [-0.05, 0) is 55.0 Å². The first-order valence-electron chi connectivity index (χ1n) is 9.22. The molecular formula is C22H24FN5. The quantitative estimate of drug-likeness (QED) is 0.823. The summed E-state index contributed by atoms with van der Waals surface area (Å²) in [5.74, 6) is 0.137. The Labute approximate surface area is 164 Å². The van der Waals surface area contributed by atoms with Crippen molar-refractivity contribution in [2.75, 3.05) is 13.1 Å². The third-order valence-electron chi connectivity index (χ3n) is 4.95. The van der Waals surface area contributed by atoms with E-state index < -0.39 is 0 Å². The third kappa shape index (κ3) is 4.57. The zero-order valence-electron chi connectivity index (χ0n) is 16.0. The average molecular weight is 377 g/mol. The molecule has 0 radical (unpaired) electrons. The number of hydrogen-bond acceptors (Lipinski definition) is 5. The van der Waals surface area contributed by atoms with Crippen molar-refractivity contribution < 1.29 is 4.39 Å². The summed E-state index contributed by atoms with van der Waals surface area (Å²) in [5, 5.41) is 8.51. The maximum Gasteiger partial charge on any atom is 0.123 e. The second-order valence-electron chi connectivity index (χ2n) is 6.89. The number of aromatic nitrogens is 1. The van der Waals surface area contributed by atoms with Crippen LogP contribution in [0.4, 0.5) is 4.39 Å². The van der Waals surface area contributed by atoms with Gasteiger partial charge in [-0.25, -0.2) is 4.39 Å². The number of aliphatic imine (C=N–C) groups is 2. The smallest absolute Gasteiger partial charge is 0.123 e. The van der Waals surface area contributed by atoms with E-state index in [0.29, 0.717) is 48.8 Å². The number of halogens is 1. The summed E-state index contributed by atoms with van der Waals surface area (Å²) in [6.07, 6.45) is 4.57. The molecule has 5 nitrogen and oxygen atoms in total. The van der Waals surface area contributed by atoms with Crippen LogP contribution in [0.1, 0.15) is 31.2 Å². The molecule has 28 heavy (non-hydrogen) atoms. The highest BCUT2D eigenvalue weighted by Gasteiger charge is 2.21. The first kappa shape index (κ1) is 19.6. The highest BCUT2D eigenvalue weighted by atomic mass is 19.1. The number of rotatable bonds is 2. The standard InChI is InChI=1S/C22H24FN5/c1-14-15(2)28-13-22(25)27-9-7-16(10-21(14)24)19-6-5-18(23)11-20(19)17-4-3-8-26-12-17/h3-6,8,11-12,16,24H,1,7,9-10,13H2,2H3,(H2,25,27). The van der Waals surface area contributed by atoms with Crippen LogP contribution in [0.2, 0.25) is 0 Å². The molecule has 1 aliphatic heterocycles. The van der Waals surface area contributed by atoms with Gasteiger partial charge in [0.1, 0.15) is 11.7 Å². The van der Waals surface area contributed by atoms with Crippen molar-refractivity contribution in [2.24, 2.45) is 15.7 Å². The number of nitrogens with zero attached hydrogens (tertiary/aromatic N) is 3. The number of pyridine rings is 1. The molecule has 3 rings (SSSR count). The highest BCUT2D eigenvalue weighted by Crippen LogP contribution is 2.34. The third-order valence-corrected chi connectivity index (χ3v) is 4.95. The van der Waals surface area contributed by atoms with Crippen LogP contribution in [-0.4, -0.2) is 35.3 Å². The summed E-state index contributed by atoms with van der Waals surface area (Å²) >= 11 is 0. The molecule has 1 atom stereocenters. The average Bonchev–Trinajstić information content (AvgIpc) is 2.72. The summed E-state index contributed by atoms with van der Waals surface area (Å²) < 4.78 is 14.0. The highest BCUT2D eigenvalue weighted by molar-refractivity contribution is 6.22. The molecular weight excluding hydrogens is 353 g/mol. The van der Waals surface area contributed by atoms with Gasteiger partial charge in [0.25, 0.3) is 0 Å². The Balaban J connectivity index is 2.03. The van der Waals surface area contributed by atoms with E-state index in [2.05, 4.69) is 21.5 Å². The molecule has 0 fully saturated rings. The predicted octanol–water partition coefficient (Wildman–Crippen LogP) is 4.16. The van der Waals surface area contributed by atoms with Gasteiger partial charge in [0, 0.05) is 41.5 Å². The lowest BCUT2D eigenvalue weighted by Gasteiger charge is -2.21. The lowest BCUT2D eigenvalue weighted by Crippen LogP contribution is -2.17. The van der Waals surface area contributed by atoms with Crippen molar-refractivity contribution in [3.8, 4) is 11.1 Å². The zero-order valence-corrected chi connectivity index (χ0v) is 16.0. The molecule has 0 saturated heterocycles. The van der Waals surface area contributed by atoms with Gasteiger partial charge in [0.15, 0.2) is 0 Å². The number of hydrogen-bond donors (Lipinski definition) is 2. The fourth-order valence-electron chi connectivity index (χ4n) is 3.32. The minimum absolute atomic E-state index is 0.0255. The number of nitrogens with one attached hydrogen (secondary N) is 1. The van der Waals surface area contributed by atoms with Crippen molar-refractivity contribution in [3.63, 3.8) is 0 Å². The number of amidine groups is 1. The molecule has 0 spiro atoms. The fourth-order valence-corrected chi connectivity index (χ4v) is 3.32. The van der Waals surface area contributed by atoms with Gasteiger partial charge in [-0.3, -0.25) is 15.0 Å². The van der Waals surface area contributed by atoms with Crippen molar-refractivity contribution in [1.82, 2.24) is 4.98 Å². The SMILES string of the molecule is C=C1C(=N)CC(c2ccc(F)cc2-c2cccnc2)CCN=C(N)CN=C1C. The van der Waals surface area contributed by atoms with Gasteiger partial charge >= 0.3 is 0 Å². The second-order valence-corrected chi connectivity index (χ2v) is 6.89. The molecule has 3 N–H and O–H groups in total. The van der Waals surface area contributed by atoms with Crippen LogP contribution in [0.5, 0.6) is 0 Å². The number of nitrogens with two attached hydrogens (primary N) is 1. The Kier molecular flexibility index (Phi) is 6.09. The molecule has 0 amide bonds. The topological polar surface area (TPSA) is 87.5 Å². The van der Waals surface area contributed by atoms with Crippen LogP contribution >= 0.6 is 0 Å². The molecule has 1 unspecified atom stereocenters. The number of benzene rings is 1. The van der Waals surface area contributed by atoms with E-state index in [1.807, 2.05) is 19.1 Å². The second kappa shape index (κ2) is 8.69. The van der Waals surface area contributed by atoms with E-state index in [4.69, 9.17) is 11.1 Å². The summed E-state index contributed by atoms with van der Waals surface area (Å²) in [6.45, 7) is 6.68. The first-order valence-corrected chi connectivity index (χ1v) is 9.22. The molecule has 1 aromatic carbocycles. The normalized spacial score (nSPS) is 18.9. The maximum atomic E-state index is 14.0. The zero-order chi connectivity index (χ0) is 20.1. The molecule has 6 heteroatoms. The van der Waals surface area contributed by atoms with Crippen LogP contribution in [0.3, 0.4) is 0 Å². The van der Waals surface area contributed by atoms with Crippen molar-refractivity contribution in [3.05, 3.63) is 66.3 Å². The van der Waals surface area contributed by atoms with Gasteiger partial charge in [0.2, 0.25) is 0 Å². The van der Waals surface area contributed by atoms with Crippen LogP contribution in [0.25, 0.3) is 11.1 Å². The van der Waals surface area contributed by atoms with Gasteiger partial charge in [-0.2, -0.15) is 0 Å². The van der Waals surface area contributed by atoms with E-state index >= 15 is 0 Å². The van der Waals surface area contributed by atoms with E-state index in [0.717, 1.165) is 16.7 Å². The Morgan fingerprint density at radius 1 is 1.25 bits per heavy atom. The summed E-state index contributed by atoms with van der Waals surface area (Å²) in [5.41, 5.74) is 10.3. The predicted molar refractivity (Wildman–Crippen MR) is 113 cm³/mol. The molecule has 2 heterocycles.